The minimum atomic E-state index is 0.116. The van der Waals surface area contributed by atoms with Crippen LogP contribution in [0.5, 0.6) is 0 Å². The second kappa shape index (κ2) is 5.60. The Hall–Kier alpha value is -2.29. The fourth-order valence-electron chi connectivity index (χ4n) is 2.92. The molecule has 1 aliphatic rings. The van der Waals surface area contributed by atoms with Crippen molar-refractivity contribution in [3.8, 4) is 0 Å². The number of hydrogen-bond donors (Lipinski definition) is 0. The topological polar surface area (TPSA) is 23.6 Å². The molecule has 0 saturated carbocycles. The van der Waals surface area contributed by atoms with Gasteiger partial charge in [-0.1, -0.05) is 36.4 Å². The SMILES string of the molecule is C[C@H]1Cc2ccccc2N1CC(=O)N(C)c1ccccc1. The molecule has 0 bridgehead atoms. The summed E-state index contributed by atoms with van der Waals surface area (Å²) < 4.78 is 0. The largest absolute Gasteiger partial charge is 0.359 e. The molecule has 3 nitrogen and oxygen atoms in total. The van der Waals surface area contributed by atoms with Gasteiger partial charge in [-0.25, -0.2) is 0 Å². The zero-order chi connectivity index (χ0) is 14.8. The molecule has 1 amide bonds. The summed E-state index contributed by atoms with van der Waals surface area (Å²) in [7, 11) is 1.84. The molecule has 3 heteroatoms. The second-order valence-corrected chi connectivity index (χ2v) is 5.60. The number of benzene rings is 2. The van der Waals surface area contributed by atoms with Gasteiger partial charge in [-0.2, -0.15) is 0 Å². The molecule has 21 heavy (non-hydrogen) atoms. The summed E-state index contributed by atoms with van der Waals surface area (Å²) in [5.74, 6) is 0.116. The van der Waals surface area contributed by atoms with Crippen molar-refractivity contribution in [2.24, 2.45) is 0 Å². The highest BCUT2D eigenvalue weighted by molar-refractivity contribution is 5.96. The van der Waals surface area contributed by atoms with Crippen LogP contribution in [0.25, 0.3) is 0 Å². The smallest absolute Gasteiger partial charge is 0.246 e. The lowest BCUT2D eigenvalue weighted by molar-refractivity contribution is -0.117. The van der Waals surface area contributed by atoms with E-state index in [0.29, 0.717) is 12.6 Å². The first kappa shape index (κ1) is 13.7. The van der Waals surface area contributed by atoms with Gasteiger partial charge in [-0.3, -0.25) is 4.79 Å². The summed E-state index contributed by atoms with van der Waals surface area (Å²) in [5, 5.41) is 0. The Morgan fingerprint density at radius 3 is 2.57 bits per heavy atom. The normalized spacial score (nSPS) is 16.7. The van der Waals surface area contributed by atoms with Crippen molar-refractivity contribution < 1.29 is 4.79 Å². The van der Waals surface area contributed by atoms with E-state index in [0.717, 1.165) is 12.1 Å². The summed E-state index contributed by atoms with van der Waals surface area (Å²) in [4.78, 5) is 16.5. The fraction of sp³-hybridized carbons (Fsp3) is 0.278. The van der Waals surface area contributed by atoms with Crippen molar-refractivity contribution in [1.29, 1.82) is 0 Å². The number of anilines is 2. The molecule has 0 spiro atoms. The van der Waals surface area contributed by atoms with Gasteiger partial charge in [-0.15, -0.1) is 0 Å². The number of carbonyl (C=O) groups excluding carboxylic acids is 1. The highest BCUT2D eigenvalue weighted by Crippen LogP contribution is 2.31. The molecule has 1 aliphatic heterocycles. The van der Waals surface area contributed by atoms with Crippen molar-refractivity contribution in [2.45, 2.75) is 19.4 Å². The molecule has 0 saturated heterocycles. The van der Waals surface area contributed by atoms with E-state index in [2.05, 4.69) is 30.0 Å². The predicted octanol–water partition coefficient (Wildman–Crippen LogP) is 3.10. The van der Waals surface area contributed by atoms with E-state index in [-0.39, 0.29) is 5.91 Å². The molecule has 0 radical (unpaired) electrons. The van der Waals surface area contributed by atoms with Gasteiger partial charge in [0.15, 0.2) is 0 Å². The van der Waals surface area contributed by atoms with Gasteiger partial charge in [0.25, 0.3) is 0 Å². The molecular formula is C18H20N2O. The van der Waals surface area contributed by atoms with Crippen LogP contribution in [0.4, 0.5) is 11.4 Å². The van der Waals surface area contributed by atoms with E-state index in [9.17, 15) is 4.79 Å². The van der Waals surface area contributed by atoms with Crippen LogP contribution in [0, 0.1) is 0 Å². The van der Waals surface area contributed by atoms with Gasteiger partial charge >= 0.3 is 0 Å². The minimum absolute atomic E-state index is 0.116. The van der Waals surface area contributed by atoms with Gasteiger partial charge < -0.3 is 9.80 Å². The minimum Gasteiger partial charge on any atom is -0.359 e. The first-order valence-corrected chi connectivity index (χ1v) is 7.33. The van der Waals surface area contributed by atoms with Gasteiger partial charge in [0.1, 0.15) is 0 Å². The Kier molecular flexibility index (Phi) is 3.65. The third kappa shape index (κ3) is 2.64. The number of amides is 1. The second-order valence-electron chi connectivity index (χ2n) is 5.60. The molecule has 0 N–H and O–H groups in total. The molecule has 0 unspecified atom stereocenters. The maximum absolute atomic E-state index is 12.5. The van der Waals surface area contributed by atoms with Crippen LogP contribution < -0.4 is 9.80 Å². The van der Waals surface area contributed by atoms with E-state index in [1.807, 2.05) is 43.4 Å². The maximum atomic E-state index is 12.5. The Morgan fingerprint density at radius 1 is 1.14 bits per heavy atom. The van der Waals surface area contributed by atoms with Crippen LogP contribution in [0.15, 0.2) is 54.6 Å². The number of hydrogen-bond acceptors (Lipinski definition) is 2. The average Bonchev–Trinajstić information content (AvgIpc) is 2.83. The van der Waals surface area contributed by atoms with Crippen molar-refractivity contribution in [1.82, 2.24) is 0 Å². The number of nitrogens with zero attached hydrogens (tertiary/aromatic N) is 2. The molecule has 2 aromatic rings. The van der Waals surface area contributed by atoms with Gasteiger partial charge in [0.2, 0.25) is 5.91 Å². The third-order valence-electron chi connectivity index (χ3n) is 4.17. The summed E-state index contributed by atoms with van der Waals surface area (Å²) >= 11 is 0. The lowest BCUT2D eigenvalue weighted by atomic mass is 10.1. The van der Waals surface area contributed by atoms with E-state index >= 15 is 0 Å². The van der Waals surface area contributed by atoms with Crippen LogP contribution in [0.3, 0.4) is 0 Å². The highest BCUT2D eigenvalue weighted by Gasteiger charge is 2.28. The predicted molar refractivity (Wildman–Crippen MR) is 86.8 cm³/mol. The number of rotatable bonds is 3. The quantitative estimate of drug-likeness (QED) is 0.862. The molecule has 1 heterocycles. The number of para-hydroxylation sites is 2. The third-order valence-corrected chi connectivity index (χ3v) is 4.17. The van der Waals surface area contributed by atoms with Crippen LogP contribution in [-0.2, 0) is 11.2 Å². The zero-order valence-corrected chi connectivity index (χ0v) is 12.5. The molecule has 1 atom stereocenters. The Bertz CT molecular complexity index is 639. The van der Waals surface area contributed by atoms with Gasteiger partial charge in [-0.05, 0) is 37.1 Å². The molecule has 0 fully saturated rings. The molecule has 3 rings (SSSR count). The van der Waals surface area contributed by atoms with Crippen molar-refractivity contribution in [2.75, 3.05) is 23.4 Å². The van der Waals surface area contributed by atoms with E-state index in [1.165, 1.54) is 11.3 Å². The zero-order valence-electron chi connectivity index (χ0n) is 12.5. The number of likely N-dealkylation sites (N-methyl/N-ethyl adjacent to an activating group) is 1. The van der Waals surface area contributed by atoms with Crippen molar-refractivity contribution in [3.63, 3.8) is 0 Å². The van der Waals surface area contributed by atoms with E-state index in [1.54, 1.807) is 4.90 Å². The molecule has 0 aliphatic carbocycles. The summed E-state index contributed by atoms with van der Waals surface area (Å²) in [6.07, 6.45) is 1.01. The number of fused-ring (bicyclic) bond motifs is 1. The van der Waals surface area contributed by atoms with Gasteiger partial charge in [0, 0.05) is 24.5 Å². The summed E-state index contributed by atoms with van der Waals surface area (Å²) in [5.41, 5.74) is 3.46. The monoisotopic (exact) mass is 280 g/mol. The molecular weight excluding hydrogens is 260 g/mol. The van der Waals surface area contributed by atoms with Crippen molar-refractivity contribution in [3.05, 3.63) is 60.2 Å². The molecule has 0 aromatic heterocycles. The first-order valence-electron chi connectivity index (χ1n) is 7.33. The maximum Gasteiger partial charge on any atom is 0.246 e. The number of carbonyl (C=O) groups is 1. The standard InChI is InChI=1S/C18H20N2O/c1-14-12-15-8-6-7-11-17(15)20(14)13-18(21)19(2)16-9-4-3-5-10-16/h3-11,14H,12-13H2,1-2H3/t14-/m0/s1. The Labute approximate surface area is 125 Å². The Morgan fingerprint density at radius 2 is 1.81 bits per heavy atom. The Balaban J connectivity index is 1.76. The van der Waals surface area contributed by atoms with Gasteiger partial charge in [0.05, 0.1) is 6.54 Å². The van der Waals surface area contributed by atoms with Crippen LogP contribution in [0.1, 0.15) is 12.5 Å². The van der Waals surface area contributed by atoms with E-state index in [4.69, 9.17) is 0 Å². The fourth-order valence-corrected chi connectivity index (χ4v) is 2.92. The van der Waals surface area contributed by atoms with Crippen LogP contribution in [-0.4, -0.2) is 25.5 Å². The lowest BCUT2D eigenvalue weighted by Crippen LogP contribution is -2.41. The summed E-state index contributed by atoms with van der Waals surface area (Å²) in [6.45, 7) is 2.60. The lowest BCUT2D eigenvalue weighted by Gasteiger charge is -2.27. The average molecular weight is 280 g/mol. The summed E-state index contributed by atoms with van der Waals surface area (Å²) in [6, 6.07) is 18.5. The molecule has 108 valence electrons. The van der Waals surface area contributed by atoms with Crippen LogP contribution in [0.2, 0.25) is 0 Å². The van der Waals surface area contributed by atoms with E-state index < -0.39 is 0 Å². The van der Waals surface area contributed by atoms with Crippen LogP contribution >= 0.6 is 0 Å². The van der Waals surface area contributed by atoms with Crippen molar-refractivity contribution >= 4 is 17.3 Å². The molecule has 2 aromatic carbocycles. The highest BCUT2D eigenvalue weighted by atomic mass is 16.2. The first-order chi connectivity index (χ1) is 10.2.